The predicted molar refractivity (Wildman–Crippen MR) is 97.4 cm³/mol. The molecule has 2 heterocycles. The lowest BCUT2D eigenvalue weighted by molar-refractivity contribution is -0.151. The second-order valence-electron chi connectivity index (χ2n) is 6.78. The highest BCUT2D eigenvalue weighted by molar-refractivity contribution is 6.23. The molecule has 0 aliphatic carbocycles. The van der Waals surface area contributed by atoms with Gasteiger partial charge in [0.25, 0.3) is 0 Å². The molecule has 2 fully saturated rings. The largest absolute Gasteiger partial charge is 0.465 e. The van der Waals surface area contributed by atoms with Crippen molar-refractivity contribution in [2.75, 3.05) is 18.6 Å². The molecule has 138 valence electrons. The van der Waals surface area contributed by atoms with Crippen LogP contribution in [0.25, 0.3) is 0 Å². The average molecular weight is 356 g/mol. The number of nitrogens with zero attached hydrogens (tertiary/aromatic N) is 2. The minimum absolute atomic E-state index is 0.235. The van der Waals surface area contributed by atoms with Crippen LogP contribution >= 0.6 is 0 Å². The van der Waals surface area contributed by atoms with Crippen molar-refractivity contribution >= 4 is 23.5 Å². The maximum Gasteiger partial charge on any atom is 0.324 e. The molecule has 0 radical (unpaired) electrons. The third-order valence-corrected chi connectivity index (χ3v) is 5.23. The lowest BCUT2D eigenvalue weighted by atomic mass is 9.89. The first-order chi connectivity index (χ1) is 12.4. The molecule has 0 N–H and O–H groups in total. The van der Waals surface area contributed by atoms with Crippen molar-refractivity contribution in [3.63, 3.8) is 0 Å². The molecule has 3 rings (SSSR count). The van der Waals surface area contributed by atoms with Crippen LogP contribution in [0.1, 0.15) is 19.4 Å². The van der Waals surface area contributed by atoms with E-state index in [1.165, 1.54) is 4.90 Å². The molecule has 1 aromatic rings. The van der Waals surface area contributed by atoms with Crippen molar-refractivity contribution < 1.29 is 19.1 Å². The number of hydrogen-bond donors (Lipinski definition) is 0. The number of ether oxygens (including phenoxy) is 1. The molecule has 6 heteroatoms. The third kappa shape index (κ3) is 2.74. The molecule has 26 heavy (non-hydrogen) atoms. The Hall–Kier alpha value is -2.47. The van der Waals surface area contributed by atoms with Gasteiger partial charge < -0.3 is 4.74 Å². The first kappa shape index (κ1) is 18.3. The minimum Gasteiger partial charge on any atom is -0.465 e. The highest BCUT2D eigenvalue weighted by Gasteiger charge is 2.63. The molecule has 1 unspecified atom stereocenters. The van der Waals surface area contributed by atoms with Crippen molar-refractivity contribution in [1.29, 1.82) is 0 Å². The number of esters is 1. The number of anilines is 1. The Morgan fingerprint density at radius 2 is 1.77 bits per heavy atom. The van der Waals surface area contributed by atoms with E-state index in [4.69, 9.17) is 4.74 Å². The van der Waals surface area contributed by atoms with E-state index in [-0.39, 0.29) is 24.5 Å². The van der Waals surface area contributed by atoms with Crippen LogP contribution in [-0.2, 0) is 19.1 Å². The summed E-state index contributed by atoms with van der Waals surface area (Å²) in [5, 5.41) is 0. The molecule has 0 spiro atoms. The van der Waals surface area contributed by atoms with Gasteiger partial charge >= 0.3 is 5.97 Å². The molecule has 2 aliphatic heterocycles. The van der Waals surface area contributed by atoms with E-state index in [0.717, 1.165) is 5.56 Å². The summed E-state index contributed by atoms with van der Waals surface area (Å²) in [4.78, 5) is 41.8. The van der Waals surface area contributed by atoms with Gasteiger partial charge in [-0.25, -0.2) is 4.90 Å². The summed E-state index contributed by atoms with van der Waals surface area (Å²) in [7, 11) is 1.77. The Labute approximate surface area is 153 Å². The molecule has 0 bridgehead atoms. The van der Waals surface area contributed by atoms with Crippen molar-refractivity contribution in [3.05, 3.63) is 42.0 Å². The van der Waals surface area contributed by atoms with Crippen molar-refractivity contribution in [3.8, 4) is 0 Å². The highest BCUT2D eigenvalue weighted by Crippen LogP contribution is 2.44. The van der Waals surface area contributed by atoms with Crippen LogP contribution in [0.2, 0.25) is 0 Å². The predicted octanol–water partition coefficient (Wildman–Crippen LogP) is 1.92. The molecule has 6 nitrogen and oxygen atoms in total. The molecule has 0 aromatic heterocycles. The van der Waals surface area contributed by atoms with Gasteiger partial charge in [-0.1, -0.05) is 29.8 Å². The van der Waals surface area contributed by atoms with E-state index < -0.39 is 23.8 Å². The quantitative estimate of drug-likeness (QED) is 0.468. The van der Waals surface area contributed by atoms with Gasteiger partial charge in [-0.05, 0) is 40.0 Å². The topological polar surface area (TPSA) is 66.9 Å². The first-order valence-corrected chi connectivity index (χ1v) is 8.88. The highest BCUT2D eigenvalue weighted by atomic mass is 16.5. The fraction of sp³-hybridized carbons (Fsp3) is 0.450. The summed E-state index contributed by atoms with van der Waals surface area (Å²) in [6.07, 6.45) is 3.72. The normalized spacial score (nSPS) is 28.8. The van der Waals surface area contributed by atoms with Gasteiger partial charge in [0.2, 0.25) is 11.8 Å². The molecular formula is C20H24N2O4. The summed E-state index contributed by atoms with van der Waals surface area (Å²) in [6.45, 7) is 5.77. The minimum atomic E-state index is -0.756. The van der Waals surface area contributed by atoms with E-state index in [9.17, 15) is 14.4 Å². The summed E-state index contributed by atoms with van der Waals surface area (Å²) in [5.74, 6) is -2.36. The van der Waals surface area contributed by atoms with Gasteiger partial charge in [-0.15, -0.1) is 0 Å². The zero-order valence-corrected chi connectivity index (χ0v) is 15.5. The van der Waals surface area contributed by atoms with Crippen molar-refractivity contribution in [2.45, 2.75) is 32.9 Å². The van der Waals surface area contributed by atoms with Crippen LogP contribution < -0.4 is 4.90 Å². The van der Waals surface area contributed by atoms with Gasteiger partial charge in [0.15, 0.2) is 0 Å². The molecule has 2 amide bonds. The number of carbonyl (C=O) groups is 3. The fourth-order valence-electron chi connectivity index (χ4n) is 4.04. The maximum absolute atomic E-state index is 13.1. The zero-order chi connectivity index (χ0) is 19.0. The van der Waals surface area contributed by atoms with Gasteiger partial charge in [0.1, 0.15) is 6.04 Å². The monoisotopic (exact) mass is 356 g/mol. The Balaban J connectivity index is 2.03. The van der Waals surface area contributed by atoms with Crippen LogP contribution in [0.15, 0.2) is 36.4 Å². The van der Waals surface area contributed by atoms with E-state index in [2.05, 4.69) is 0 Å². The lowest BCUT2D eigenvalue weighted by Crippen LogP contribution is -2.46. The number of benzene rings is 1. The summed E-state index contributed by atoms with van der Waals surface area (Å²) >= 11 is 0. The van der Waals surface area contributed by atoms with Crippen LogP contribution in [-0.4, -0.2) is 48.4 Å². The van der Waals surface area contributed by atoms with E-state index in [1.807, 2.05) is 38.1 Å². The Bertz CT molecular complexity index is 756. The zero-order valence-electron chi connectivity index (χ0n) is 15.5. The van der Waals surface area contributed by atoms with Crippen LogP contribution in [0.4, 0.5) is 5.69 Å². The van der Waals surface area contributed by atoms with Gasteiger partial charge in [0.05, 0.1) is 24.1 Å². The summed E-state index contributed by atoms with van der Waals surface area (Å²) in [6, 6.07) is 6.18. The lowest BCUT2D eigenvalue weighted by Gasteiger charge is -2.27. The molecule has 0 saturated carbocycles. The molecule has 2 aliphatic rings. The van der Waals surface area contributed by atoms with Crippen LogP contribution in [0.5, 0.6) is 0 Å². The second kappa shape index (κ2) is 7.03. The van der Waals surface area contributed by atoms with Crippen LogP contribution in [0, 0.1) is 18.8 Å². The summed E-state index contributed by atoms with van der Waals surface area (Å²) in [5.41, 5.74) is 1.59. The number of imide groups is 1. The molecule has 1 aromatic carbocycles. The third-order valence-electron chi connectivity index (χ3n) is 5.23. The number of fused-ring (bicyclic) bond motifs is 1. The van der Waals surface area contributed by atoms with Crippen LogP contribution in [0.3, 0.4) is 0 Å². The Kier molecular flexibility index (Phi) is 4.96. The van der Waals surface area contributed by atoms with E-state index in [1.54, 1.807) is 31.0 Å². The number of likely N-dealkylation sites (tertiary alicyclic amines) is 1. The fourth-order valence-corrected chi connectivity index (χ4v) is 4.04. The number of aryl methyl sites for hydroxylation is 1. The average Bonchev–Trinajstić information content (AvgIpc) is 3.03. The number of likely N-dealkylation sites (N-methyl/N-ethyl adjacent to an activating group) is 1. The number of amides is 2. The molecular weight excluding hydrogens is 332 g/mol. The smallest absolute Gasteiger partial charge is 0.324 e. The Morgan fingerprint density at radius 1 is 1.15 bits per heavy atom. The standard InChI is InChI=1S/C20H24N2O4/c1-5-7-14-15-16(17(21(14)4)20(25)26-6-2)19(24)22(18(15)23)13-10-8-12(3)9-11-13/h5,7-11,14-17H,6H2,1-4H3/b7-5+/t14-,15+,16?,17+/m1/s1. The van der Waals surface area contributed by atoms with Gasteiger partial charge in [-0.2, -0.15) is 0 Å². The SMILES string of the molecule is C/C=C/[C@@H]1[C@@H]2C(=O)N(c3ccc(C)cc3)C(=O)C2[C@@H](C(=O)OCC)N1C. The molecule has 2 saturated heterocycles. The van der Waals surface area contributed by atoms with Crippen molar-refractivity contribution in [1.82, 2.24) is 4.90 Å². The second-order valence-corrected chi connectivity index (χ2v) is 6.78. The number of rotatable bonds is 4. The van der Waals surface area contributed by atoms with E-state index in [0.29, 0.717) is 5.69 Å². The van der Waals surface area contributed by atoms with Crippen molar-refractivity contribution in [2.24, 2.45) is 11.8 Å². The van der Waals surface area contributed by atoms with Gasteiger partial charge in [-0.3, -0.25) is 19.3 Å². The number of hydrogen-bond acceptors (Lipinski definition) is 5. The summed E-state index contributed by atoms with van der Waals surface area (Å²) < 4.78 is 5.18. The first-order valence-electron chi connectivity index (χ1n) is 8.88. The number of allylic oxidation sites excluding steroid dienone is 1. The Morgan fingerprint density at radius 3 is 2.35 bits per heavy atom. The maximum atomic E-state index is 13.1. The van der Waals surface area contributed by atoms with E-state index >= 15 is 0 Å². The molecule has 4 atom stereocenters. The van der Waals surface area contributed by atoms with Gasteiger partial charge in [0, 0.05) is 6.04 Å². The number of carbonyl (C=O) groups excluding carboxylic acids is 3.